The molecule has 1 saturated carbocycles. The molecule has 0 saturated heterocycles. The zero-order valence-electron chi connectivity index (χ0n) is 10.7. The molecule has 0 bridgehead atoms. The van der Waals surface area contributed by atoms with E-state index in [1.54, 1.807) is 0 Å². The maximum atomic E-state index is 4.44. The minimum absolute atomic E-state index is 0.596. The van der Waals surface area contributed by atoms with Crippen molar-refractivity contribution in [3.8, 4) is 0 Å². The van der Waals surface area contributed by atoms with Crippen LogP contribution in [-0.2, 0) is 0 Å². The maximum Gasteiger partial charge on any atom is 0.207 e. The third kappa shape index (κ3) is 2.13. The van der Waals surface area contributed by atoms with Gasteiger partial charge in [-0.3, -0.25) is 0 Å². The van der Waals surface area contributed by atoms with E-state index in [4.69, 9.17) is 0 Å². The lowest BCUT2D eigenvalue weighted by atomic mass is 10.1. The van der Waals surface area contributed by atoms with Gasteiger partial charge in [0.05, 0.1) is 0 Å². The Bertz CT molecular complexity index is 503. The molecule has 1 heterocycles. The highest BCUT2D eigenvalue weighted by Gasteiger charge is 2.26. The maximum absolute atomic E-state index is 4.44. The van der Waals surface area contributed by atoms with Crippen LogP contribution in [0.1, 0.15) is 32.2 Å². The molecule has 0 radical (unpaired) electrons. The lowest BCUT2D eigenvalue weighted by Gasteiger charge is -2.20. The van der Waals surface area contributed by atoms with Crippen molar-refractivity contribution in [1.29, 1.82) is 0 Å². The number of imidazole rings is 1. The fourth-order valence-electron chi connectivity index (χ4n) is 2.87. The SMILES string of the molecule is CC1CCCC1n1ccnc1Nc1ccccc1. The van der Waals surface area contributed by atoms with Crippen LogP contribution >= 0.6 is 0 Å². The van der Waals surface area contributed by atoms with Gasteiger partial charge in [-0.05, 0) is 30.9 Å². The van der Waals surface area contributed by atoms with Gasteiger partial charge in [-0.15, -0.1) is 0 Å². The van der Waals surface area contributed by atoms with E-state index in [-0.39, 0.29) is 0 Å². The first-order valence-corrected chi connectivity index (χ1v) is 6.69. The van der Waals surface area contributed by atoms with Crippen LogP contribution in [-0.4, -0.2) is 9.55 Å². The summed E-state index contributed by atoms with van der Waals surface area (Å²) in [5.74, 6) is 1.70. The molecule has 3 rings (SSSR count). The fourth-order valence-corrected chi connectivity index (χ4v) is 2.87. The summed E-state index contributed by atoms with van der Waals surface area (Å²) in [6.45, 7) is 2.34. The molecule has 2 unspecified atom stereocenters. The number of aromatic nitrogens is 2. The van der Waals surface area contributed by atoms with Gasteiger partial charge in [0, 0.05) is 24.1 Å². The molecule has 3 heteroatoms. The molecule has 1 N–H and O–H groups in total. The zero-order valence-corrected chi connectivity index (χ0v) is 10.7. The van der Waals surface area contributed by atoms with E-state index in [2.05, 4.69) is 40.1 Å². The second-order valence-corrected chi connectivity index (χ2v) is 5.12. The molecule has 0 amide bonds. The monoisotopic (exact) mass is 241 g/mol. The average Bonchev–Trinajstić information content (AvgIpc) is 2.99. The quantitative estimate of drug-likeness (QED) is 0.880. The molecule has 18 heavy (non-hydrogen) atoms. The van der Waals surface area contributed by atoms with Crippen LogP contribution < -0.4 is 5.32 Å². The van der Waals surface area contributed by atoms with Crippen LogP contribution in [0.15, 0.2) is 42.7 Å². The predicted molar refractivity (Wildman–Crippen MR) is 74.0 cm³/mol. The summed E-state index contributed by atoms with van der Waals surface area (Å²) < 4.78 is 2.30. The second-order valence-electron chi connectivity index (χ2n) is 5.12. The van der Waals surface area contributed by atoms with Crippen molar-refractivity contribution in [2.24, 2.45) is 5.92 Å². The summed E-state index contributed by atoms with van der Waals surface area (Å²) in [6.07, 6.45) is 7.90. The number of benzene rings is 1. The molecule has 1 fully saturated rings. The van der Waals surface area contributed by atoms with Crippen LogP contribution in [0.25, 0.3) is 0 Å². The van der Waals surface area contributed by atoms with Crippen LogP contribution in [0, 0.1) is 5.92 Å². The van der Waals surface area contributed by atoms with Crippen molar-refractivity contribution in [3.05, 3.63) is 42.7 Å². The largest absolute Gasteiger partial charge is 0.326 e. The summed E-state index contributed by atoms with van der Waals surface area (Å²) >= 11 is 0. The summed E-state index contributed by atoms with van der Waals surface area (Å²) in [6, 6.07) is 10.8. The van der Waals surface area contributed by atoms with Crippen LogP contribution in [0.3, 0.4) is 0 Å². The number of nitrogens with zero attached hydrogens (tertiary/aromatic N) is 2. The van der Waals surface area contributed by atoms with E-state index < -0.39 is 0 Å². The Labute approximate surface area is 108 Å². The molecule has 2 atom stereocenters. The molecule has 1 aliphatic rings. The van der Waals surface area contributed by atoms with Gasteiger partial charge in [0.15, 0.2) is 0 Å². The Balaban J connectivity index is 1.83. The highest BCUT2D eigenvalue weighted by atomic mass is 15.2. The first kappa shape index (κ1) is 11.3. The Morgan fingerprint density at radius 2 is 2.06 bits per heavy atom. The summed E-state index contributed by atoms with van der Waals surface area (Å²) in [4.78, 5) is 4.44. The Morgan fingerprint density at radius 1 is 1.22 bits per heavy atom. The molecule has 2 aromatic rings. The van der Waals surface area contributed by atoms with Crippen LogP contribution in [0.4, 0.5) is 11.6 Å². The highest BCUT2D eigenvalue weighted by molar-refractivity contribution is 5.53. The Kier molecular flexibility index (Phi) is 3.05. The molecular weight excluding hydrogens is 222 g/mol. The average molecular weight is 241 g/mol. The smallest absolute Gasteiger partial charge is 0.207 e. The topological polar surface area (TPSA) is 29.9 Å². The van der Waals surface area contributed by atoms with Gasteiger partial charge >= 0.3 is 0 Å². The van der Waals surface area contributed by atoms with E-state index in [1.165, 1.54) is 19.3 Å². The van der Waals surface area contributed by atoms with Gasteiger partial charge in [-0.2, -0.15) is 0 Å². The number of nitrogens with one attached hydrogen (secondary N) is 1. The van der Waals surface area contributed by atoms with Gasteiger partial charge in [0.2, 0.25) is 5.95 Å². The zero-order chi connectivity index (χ0) is 12.4. The molecule has 0 spiro atoms. The molecule has 94 valence electrons. The summed E-state index contributed by atoms with van der Waals surface area (Å²) in [5, 5.41) is 3.40. The van der Waals surface area contributed by atoms with Gasteiger partial charge in [-0.25, -0.2) is 4.98 Å². The van der Waals surface area contributed by atoms with Gasteiger partial charge in [-0.1, -0.05) is 31.5 Å². The summed E-state index contributed by atoms with van der Waals surface area (Å²) in [7, 11) is 0. The standard InChI is InChI=1S/C15H19N3/c1-12-6-5-9-14(12)18-11-10-16-15(18)17-13-7-3-2-4-8-13/h2-4,7-8,10-12,14H,5-6,9H2,1H3,(H,16,17). The molecule has 1 aromatic carbocycles. The molecule has 0 aliphatic heterocycles. The van der Waals surface area contributed by atoms with Crippen molar-refractivity contribution in [1.82, 2.24) is 9.55 Å². The van der Waals surface area contributed by atoms with E-state index in [0.717, 1.165) is 17.6 Å². The van der Waals surface area contributed by atoms with Crippen molar-refractivity contribution >= 4 is 11.6 Å². The number of rotatable bonds is 3. The Hall–Kier alpha value is -1.77. The van der Waals surface area contributed by atoms with Crippen molar-refractivity contribution in [2.45, 2.75) is 32.2 Å². The lowest BCUT2D eigenvalue weighted by molar-refractivity contribution is 0.412. The normalized spacial score (nSPS) is 23.2. The first-order chi connectivity index (χ1) is 8.84. The third-order valence-electron chi connectivity index (χ3n) is 3.87. The van der Waals surface area contributed by atoms with Gasteiger partial charge in [0.1, 0.15) is 0 Å². The highest BCUT2D eigenvalue weighted by Crippen LogP contribution is 2.37. The van der Waals surface area contributed by atoms with E-state index in [1.807, 2.05) is 24.4 Å². The van der Waals surface area contributed by atoms with E-state index in [9.17, 15) is 0 Å². The van der Waals surface area contributed by atoms with E-state index >= 15 is 0 Å². The first-order valence-electron chi connectivity index (χ1n) is 6.69. The van der Waals surface area contributed by atoms with Crippen LogP contribution in [0.2, 0.25) is 0 Å². The molecule has 1 aliphatic carbocycles. The second kappa shape index (κ2) is 4.84. The van der Waals surface area contributed by atoms with E-state index in [0.29, 0.717) is 6.04 Å². The summed E-state index contributed by atoms with van der Waals surface area (Å²) in [5.41, 5.74) is 1.09. The third-order valence-corrected chi connectivity index (χ3v) is 3.87. The predicted octanol–water partition coefficient (Wildman–Crippen LogP) is 3.99. The van der Waals surface area contributed by atoms with Gasteiger partial charge in [0.25, 0.3) is 0 Å². The molecule has 1 aromatic heterocycles. The Morgan fingerprint density at radius 3 is 2.78 bits per heavy atom. The number of anilines is 2. The lowest BCUT2D eigenvalue weighted by Crippen LogP contribution is -2.13. The minimum Gasteiger partial charge on any atom is -0.326 e. The molecule has 3 nitrogen and oxygen atoms in total. The number of hydrogen-bond donors (Lipinski definition) is 1. The number of para-hydroxylation sites is 1. The van der Waals surface area contributed by atoms with Gasteiger partial charge < -0.3 is 9.88 Å². The minimum atomic E-state index is 0.596. The fraction of sp³-hybridized carbons (Fsp3) is 0.400. The van der Waals surface area contributed by atoms with Crippen molar-refractivity contribution in [3.63, 3.8) is 0 Å². The molecular formula is C15H19N3. The van der Waals surface area contributed by atoms with Crippen LogP contribution in [0.5, 0.6) is 0 Å². The van der Waals surface area contributed by atoms with Crippen molar-refractivity contribution in [2.75, 3.05) is 5.32 Å². The number of hydrogen-bond acceptors (Lipinski definition) is 2. The van der Waals surface area contributed by atoms with Crippen molar-refractivity contribution < 1.29 is 0 Å².